The number of hydrogen-bond acceptors (Lipinski definition) is 6. The number of halogens is 1. The van der Waals surface area contributed by atoms with Gasteiger partial charge in [-0.2, -0.15) is 0 Å². The van der Waals surface area contributed by atoms with E-state index in [1.54, 1.807) is 11.8 Å². The highest BCUT2D eigenvalue weighted by atomic mass is 35.5. The minimum atomic E-state index is -0.747. The summed E-state index contributed by atoms with van der Waals surface area (Å²) in [5.41, 5.74) is 2.75. The summed E-state index contributed by atoms with van der Waals surface area (Å²) in [7, 11) is 0. The number of benzene rings is 1. The van der Waals surface area contributed by atoms with Crippen molar-refractivity contribution in [1.82, 2.24) is 10.2 Å². The molecule has 0 bridgehead atoms. The first kappa shape index (κ1) is 25.3. The molecule has 2 unspecified atom stereocenters. The molecule has 1 aliphatic carbocycles. The van der Waals surface area contributed by atoms with E-state index in [-0.39, 0.29) is 18.3 Å². The second-order valence-electron chi connectivity index (χ2n) is 9.64. The fraction of sp³-hybridized carbons (Fsp3) is 0.615. The summed E-state index contributed by atoms with van der Waals surface area (Å²) in [5.74, 6) is -0.638. The molecule has 34 heavy (non-hydrogen) atoms. The lowest BCUT2D eigenvalue weighted by Gasteiger charge is -2.27. The Bertz CT molecular complexity index is 968. The molecule has 4 atom stereocenters. The molecule has 0 saturated carbocycles. The summed E-state index contributed by atoms with van der Waals surface area (Å²) < 4.78 is 5.13. The fourth-order valence-corrected chi connectivity index (χ4v) is 6.23. The van der Waals surface area contributed by atoms with Crippen molar-refractivity contribution in [2.24, 2.45) is 11.8 Å². The summed E-state index contributed by atoms with van der Waals surface area (Å²) in [6.45, 7) is 2.91. The number of fused-ring (bicyclic) bond motifs is 1. The van der Waals surface area contributed by atoms with Crippen molar-refractivity contribution in [3.63, 3.8) is 0 Å². The maximum Gasteiger partial charge on any atom is 0.324 e. The minimum Gasteiger partial charge on any atom is -0.465 e. The Balaban J connectivity index is 1.26. The SMILES string of the molecule is CCOC(=O)[C@H]1NCC(=S)C1C(=O)[C@@H]1CCCN1C(=O)CCCCC1Cc2ccc(Cl)cc2C1. The molecule has 4 rings (SSSR count). The number of nitrogens with one attached hydrogen (secondary N) is 1. The van der Waals surface area contributed by atoms with Gasteiger partial charge in [-0.3, -0.25) is 19.7 Å². The average molecular weight is 505 g/mol. The van der Waals surface area contributed by atoms with Gasteiger partial charge in [0.1, 0.15) is 6.04 Å². The highest BCUT2D eigenvalue weighted by Gasteiger charge is 2.47. The van der Waals surface area contributed by atoms with Crippen LogP contribution in [0.4, 0.5) is 0 Å². The van der Waals surface area contributed by atoms with Crippen molar-refractivity contribution < 1.29 is 19.1 Å². The predicted molar refractivity (Wildman–Crippen MR) is 135 cm³/mol. The second-order valence-corrected chi connectivity index (χ2v) is 10.6. The summed E-state index contributed by atoms with van der Waals surface area (Å²) in [6, 6.07) is 4.91. The number of thiocarbonyl (C=S) groups is 1. The molecule has 2 heterocycles. The molecular formula is C26H33ClN2O4S. The first-order valence-corrected chi connectivity index (χ1v) is 13.2. The number of ether oxygens (including phenoxy) is 1. The van der Waals surface area contributed by atoms with Crippen LogP contribution in [0, 0.1) is 11.8 Å². The zero-order valence-corrected chi connectivity index (χ0v) is 21.3. The van der Waals surface area contributed by atoms with Crippen LogP contribution in [0.3, 0.4) is 0 Å². The number of carbonyl (C=O) groups excluding carboxylic acids is 3. The highest BCUT2D eigenvalue weighted by Crippen LogP contribution is 2.32. The summed E-state index contributed by atoms with van der Waals surface area (Å²) in [6.07, 6.45) is 6.91. The van der Waals surface area contributed by atoms with E-state index in [1.165, 1.54) is 11.1 Å². The molecular weight excluding hydrogens is 472 g/mol. The van der Waals surface area contributed by atoms with E-state index in [0.717, 1.165) is 43.5 Å². The van der Waals surface area contributed by atoms with Gasteiger partial charge in [-0.25, -0.2) is 0 Å². The summed E-state index contributed by atoms with van der Waals surface area (Å²) in [5, 5.41) is 3.81. The first-order chi connectivity index (χ1) is 16.4. The lowest BCUT2D eigenvalue weighted by molar-refractivity contribution is -0.148. The quantitative estimate of drug-likeness (QED) is 0.314. The van der Waals surface area contributed by atoms with Crippen LogP contribution in [-0.2, 0) is 32.0 Å². The van der Waals surface area contributed by atoms with E-state index >= 15 is 0 Å². The Morgan fingerprint density at radius 1 is 1.21 bits per heavy atom. The third-order valence-electron chi connectivity index (χ3n) is 7.36. The number of nitrogens with zero attached hydrogens (tertiary/aromatic N) is 1. The highest BCUT2D eigenvalue weighted by molar-refractivity contribution is 7.80. The van der Waals surface area contributed by atoms with Gasteiger partial charge in [-0.1, -0.05) is 36.3 Å². The van der Waals surface area contributed by atoms with Crippen molar-refractivity contribution in [1.29, 1.82) is 0 Å². The molecule has 2 saturated heterocycles. The Kier molecular flexibility index (Phi) is 8.38. The number of esters is 1. The van der Waals surface area contributed by atoms with Crippen LogP contribution in [0.25, 0.3) is 0 Å². The molecule has 1 aromatic carbocycles. The molecule has 2 fully saturated rings. The molecule has 1 amide bonds. The number of carbonyl (C=O) groups is 3. The Hall–Kier alpha value is -1.83. The number of hydrogen-bond donors (Lipinski definition) is 1. The molecule has 0 radical (unpaired) electrons. The van der Waals surface area contributed by atoms with Gasteiger partial charge in [-0.05, 0) is 74.6 Å². The smallest absolute Gasteiger partial charge is 0.324 e. The third-order valence-corrected chi connectivity index (χ3v) is 8.00. The third kappa shape index (κ3) is 5.52. The number of Topliss-reactive ketones (excluding diaryl/α,β-unsaturated/α-hetero) is 1. The number of amides is 1. The van der Waals surface area contributed by atoms with Crippen LogP contribution in [-0.4, -0.2) is 59.2 Å². The summed E-state index contributed by atoms with van der Waals surface area (Å²) in [4.78, 5) is 41.0. The van der Waals surface area contributed by atoms with Gasteiger partial charge in [0.15, 0.2) is 5.78 Å². The Morgan fingerprint density at radius 3 is 2.79 bits per heavy atom. The normalized spacial score (nSPS) is 26.1. The van der Waals surface area contributed by atoms with Crippen LogP contribution in [0.1, 0.15) is 56.6 Å². The van der Waals surface area contributed by atoms with Crippen molar-refractivity contribution in [2.75, 3.05) is 19.7 Å². The van der Waals surface area contributed by atoms with Crippen LogP contribution >= 0.6 is 23.8 Å². The maximum atomic E-state index is 13.4. The molecule has 2 aliphatic heterocycles. The Labute approximate surface area is 211 Å². The molecule has 0 aromatic heterocycles. The van der Waals surface area contributed by atoms with Crippen LogP contribution in [0.2, 0.25) is 5.02 Å². The van der Waals surface area contributed by atoms with E-state index in [4.69, 9.17) is 28.6 Å². The van der Waals surface area contributed by atoms with E-state index in [2.05, 4.69) is 17.4 Å². The van der Waals surface area contributed by atoms with Gasteiger partial charge in [0, 0.05) is 29.4 Å². The first-order valence-electron chi connectivity index (χ1n) is 12.4. The lowest BCUT2D eigenvalue weighted by Crippen LogP contribution is -2.49. The van der Waals surface area contributed by atoms with E-state index in [9.17, 15) is 14.4 Å². The van der Waals surface area contributed by atoms with Gasteiger partial charge in [-0.15, -0.1) is 0 Å². The van der Waals surface area contributed by atoms with Gasteiger partial charge in [0.25, 0.3) is 0 Å². The van der Waals surface area contributed by atoms with Crippen molar-refractivity contribution >= 4 is 46.3 Å². The number of ketones is 1. The second kappa shape index (κ2) is 11.3. The molecule has 1 N–H and O–H groups in total. The van der Waals surface area contributed by atoms with Crippen molar-refractivity contribution in [3.8, 4) is 0 Å². The maximum absolute atomic E-state index is 13.4. The molecule has 0 spiro atoms. The predicted octanol–water partition coefficient (Wildman–Crippen LogP) is 3.70. The zero-order chi connectivity index (χ0) is 24.2. The van der Waals surface area contributed by atoms with E-state index < -0.39 is 24.0 Å². The van der Waals surface area contributed by atoms with E-state index in [0.29, 0.717) is 36.7 Å². The molecule has 8 heteroatoms. The number of likely N-dealkylation sites (tertiary alicyclic amines) is 1. The van der Waals surface area contributed by atoms with Gasteiger partial charge in [0.2, 0.25) is 5.91 Å². The monoisotopic (exact) mass is 504 g/mol. The lowest BCUT2D eigenvalue weighted by atomic mass is 9.89. The molecule has 184 valence electrons. The van der Waals surface area contributed by atoms with Gasteiger partial charge in [0.05, 0.1) is 18.6 Å². The van der Waals surface area contributed by atoms with E-state index in [1.807, 2.05) is 6.07 Å². The molecule has 6 nitrogen and oxygen atoms in total. The number of rotatable bonds is 9. The van der Waals surface area contributed by atoms with Gasteiger partial charge < -0.3 is 9.64 Å². The molecule has 1 aromatic rings. The van der Waals surface area contributed by atoms with Crippen molar-refractivity contribution in [2.45, 2.75) is 70.4 Å². The molecule has 3 aliphatic rings. The summed E-state index contributed by atoms with van der Waals surface area (Å²) >= 11 is 11.5. The van der Waals surface area contributed by atoms with Crippen molar-refractivity contribution in [3.05, 3.63) is 34.3 Å². The fourth-order valence-electron chi connectivity index (χ4n) is 5.70. The largest absolute Gasteiger partial charge is 0.465 e. The minimum absolute atomic E-state index is 0.0295. The number of unbranched alkanes of at least 4 members (excludes halogenated alkanes) is 1. The topological polar surface area (TPSA) is 75.7 Å². The van der Waals surface area contributed by atoms with Crippen LogP contribution in [0.15, 0.2) is 18.2 Å². The van der Waals surface area contributed by atoms with Crippen LogP contribution in [0.5, 0.6) is 0 Å². The average Bonchev–Trinajstić information content (AvgIpc) is 3.54. The standard InChI is InChI=1S/C26H33ClN2O4S/c1-2-33-26(32)24-23(21(34)15-28-24)25(31)20-7-5-11-29(20)22(30)8-4-3-6-16-12-17-9-10-19(27)14-18(17)13-16/h9-10,14,16,20,23-24,28H,2-8,11-13,15H2,1H3/t16?,20-,23?,24-/m0/s1. The van der Waals surface area contributed by atoms with Crippen LogP contribution < -0.4 is 5.32 Å². The Morgan fingerprint density at radius 2 is 2.00 bits per heavy atom. The zero-order valence-electron chi connectivity index (χ0n) is 19.7. The van der Waals surface area contributed by atoms with Gasteiger partial charge >= 0.3 is 5.97 Å².